The molecule has 3 aromatic heterocycles. The van der Waals surface area contributed by atoms with E-state index in [1.54, 1.807) is 12.4 Å². The highest BCUT2D eigenvalue weighted by molar-refractivity contribution is 5.87. The Labute approximate surface area is 137 Å². The monoisotopic (exact) mass is 325 g/mol. The first-order valence-corrected chi connectivity index (χ1v) is 7.58. The Kier molecular flexibility index (Phi) is 3.58. The van der Waals surface area contributed by atoms with Gasteiger partial charge in [-0.3, -0.25) is 15.0 Å². The third-order valence-corrected chi connectivity index (χ3v) is 4.13. The molecular formula is C16H15N5O3. The summed E-state index contributed by atoms with van der Waals surface area (Å²) in [6, 6.07) is 5.65. The first-order chi connectivity index (χ1) is 11.7. The molecule has 0 radical (unpaired) electrons. The topological polar surface area (TPSA) is 108 Å². The molecule has 1 aliphatic rings. The SMILES string of the molecule is O=C(O)c1n[nH]c2c1CN(Cc1cc(-c3ccncc3)no1)CC2. The van der Waals surface area contributed by atoms with Crippen molar-refractivity contribution >= 4 is 5.97 Å². The summed E-state index contributed by atoms with van der Waals surface area (Å²) in [7, 11) is 0. The van der Waals surface area contributed by atoms with E-state index in [9.17, 15) is 9.90 Å². The first-order valence-electron chi connectivity index (χ1n) is 7.58. The molecule has 4 rings (SSSR count). The average Bonchev–Trinajstić information content (AvgIpc) is 3.22. The van der Waals surface area contributed by atoms with E-state index in [0.29, 0.717) is 13.1 Å². The summed E-state index contributed by atoms with van der Waals surface area (Å²) >= 11 is 0. The van der Waals surface area contributed by atoms with Crippen molar-refractivity contribution in [2.75, 3.05) is 6.54 Å². The van der Waals surface area contributed by atoms with Crippen LogP contribution in [0.2, 0.25) is 0 Å². The van der Waals surface area contributed by atoms with Gasteiger partial charge in [-0.05, 0) is 12.1 Å². The normalized spacial score (nSPS) is 14.5. The van der Waals surface area contributed by atoms with E-state index in [0.717, 1.165) is 41.2 Å². The molecule has 0 spiro atoms. The quantitative estimate of drug-likeness (QED) is 0.751. The maximum absolute atomic E-state index is 11.2. The maximum atomic E-state index is 11.2. The van der Waals surface area contributed by atoms with Crippen molar-refractivity contribution in [1.82, 2.24) is 25.2 Å². The van der Waals surface area contributed by atoms with Crippen LogP contribution in [0.1, 0.15) is 27.5 Å². The molecule has 122 valence electrons. The fraction of sp³-hybridized carbons (Fsp3) is 0.250. The number of pyridine rings is 1. The number of nitrogens with zero attached hydrogens (tertiary/aromatic N) is 4. The van der Waals surface area contributed by atoms with Crippen molar-refractivity contribution in [2.45, 2.75) is 19.5 Å². The standard InChI is InChI=1S/C16H15N5O3/c22-16(23)15-12-9-21(6-3-13(12)18-19-15)8-11-7-14(20-24-11)10-1-4-17-5-2-10/h1-2,4-5,7H,3,6,8-9H2,(H,18,19)(H,22,23). The van der Waals surface area contributed by atoms with Crippen LogP contribution in [0.25, 0.3) is 11.3 Å². The molecule has 8 nitrogen and oxygen atoms in total. The van der Waals surface area contributed by atoms with Crippen LogP contribution in [0, 0.1) is 0 Å². The number of aromatic amines is 1. The summed E-state index contributed by atoms with van der Waals surface area (Å²) in [6.07, 6.45) is 4.16. The first kappa shape index (κ1) is 14.6. The van der Waals surface area contributed by atoms with Crippen LogP contribution < -0.4 is 0 Å². The minimum Gasteiger partial charge on any atom is -0.476 e. The number of fused-ring (bicyclic) bond motifs is 1. The summed E-state index contributed by atoms with van der Waals surface area (Å²) in [5.41, 5.74) is 3.47. The number of aromatic carboxylic acids is 1. The molecule has 24 heavy (non-hydrogen) atoms. The Morgan fingerprint density at radius 2 is 2.21 bits per heavy atom. The van der Waals surface area contributed by atoms with Gasteiger partial charge in [-0.1, -0.05) is 5.16 Å². The van der Waals surface area contributed by atoms with Gasteiger partial charge in [0, 0.05) is 54.8 Å². The summed E-state index contributed by atoms with van der Waals surface area (Å²) in [6.45, 7) is 1.90. The molecule has 8 heteroatoms. The largest absolute Gasteiger partial charge is 0.476 e. The van der Waals surface area contributed by atoms with Crippen molar-refractivity contribution < 1.29 is 14.4 Å². The lowest BCUT2D eigenvalue weighted by Gasteiger charge is -2.25. The van der Waals surface area contributed by atoms with Gasteiger partial charge in [-0.2, -0.15) is 5.10 Å². The molecule has 0 saturated heterocycles. The van der Waals surface area contributed by atoms with Crippen LogP contribution in [0.15, 0.2) is 35.1 Å². The smallest absolute Gasteiger partial charge is 0.356 e. The molecule has 0 unspecified atom stereocenters. The molecule has 0 aliphatic carbocycles. The number of aromatic nitrogens is 4. The number of H-pyrrole nitrogens is 1. The van der Waals surface area contributed by atoms with Gasteiger partial charge in [0.05, 0.1) is 6.54 Å². The van der Waals surface area contributed by atoms with E-state index in [-0.39, 0.29) is 5.69 Å². The number of rotatable bonds is 4. The van der Waals surface area contributed by atoms with Gasteiger partial charge < -0.3 is 9.63 Å². The summed E-state index contributed by atoms with van der Waals surface area (Å²) in [5.74, 6) is -0.264. The number of hydrogen-bond donors (Lipinski definition) is 2. The summed E-state index contributed by atoms with van der Waals surface area (Å²) in [4.78, 5) is 17.3. The van der Waals surface area contributed by atoms with Crippen LogP contribution in [-0.2, 0) is 19.5 Å². The van der Waals surface area contributed by atoms with Gasteiger partial charge in [0.2, 0.25) is 0 Å². The third kappa shape index (κ3) is 2.67. The molecule has 0 fully saturated rings. The van der Waals surface area contributed by atoms with Gasteiger partial charge in [-0.15, -0.1) is 0 Å². The number of carboxylic acids is 1. The number of carboxylic acid groups (broad SMARTS) is 1. The second-order valence-electron chi connectivity index (χ2n) is 5.71. The van der Waals surface area contributed by atoms with Gasteiger partial charge in [0.15, 0.2) is 11.5 Å². The lowest BCUT2D eigenvalue weighted by molar-refractivity contribution is 0.0687. The zero-order chi connectivity index (χ0) is 16.5. The zero-order valence-corrected chi connectivity index (χ0v) is 12.8. The van der Waals surface area contributed by atoms with E-state index >= 15 is 0 Å². The lowest BCUT2D eigenvalue weighted by Crippen LogP contribution is -2.30. The molecule has 3 aromatic rings. The minimum atomic E-state index is -1.01. The van der Waals surface area contributed by atoms with Crippen LogP contribution in [0.3, 0.4) is 0 Å². The van der Waals surface area contributed by atoms with Crippen LogP contribution >= 0.6 is 0 Å². The van der Waals surface area contributed by atoms with Crippen LogP contribution in [-0.4, -0.2) is 42.9 Å². The van der Waals surface area contributed by atoms with Gasteiger partial charge >= 0.3 is 5.97 Å². The Morgan fingerprint density at radius 3 is 3.00 bits per heavy atom. The van der Waals surface area contributed by atoms with Crippen molar-refractivity contribution in [3.05, 3.63) is 53.3 Å². The molecular weight excluding hydrogens is 310 g/mol. The Balaban J connectivity index is 1.50. The van der Waals surface area contributed by atoms with Gasteiger partial charge in [0.1, 0.15) is 5.69 Å². The second-order valence-corrected chi connectivity index (χ2v) is 5.71. The van der Waals surface area contributed by atoms with E-state index in [1.807, 2.05) is 18.2 Å². The van der Waals surface area contributed by atoms with E-state index in [2.05, 4.69) is 25.2 Å². The van der Waals surface area contributed by atoms with Gasteiger partial charge in [-0.25, -0.2) is 4.79 Å². The molecule has 4 heterocycles. The third-order valence-electron chi connectivity index (χ3n) is 4.13. The number of carbonyl (C=O) groups is 1. The molecule has 0 aromatic carbocycles. The Bertz CT molecular complexity index is 871. The van der Waals surface area contributed by atoms with Gasteiger partial charge in [0.25, 0.3) is 0 Å². The molecule has 0 atom stereocenters. The summed E-state index contributed by atoms with van der Waals surface area (Å²) < 4.78 is 5.42. The molecule has 0 amide bonds. The van der Waals surface area contributed by atoms with Crippen molar-refractivity contribution in [2.24, 2.45) is 0 Å². The van der Waals surface area contributed by atoms with Crippen LogP contribution in [0.4, 0.5) is 0 Å². The van der Waals surface area contributed by atoms with E-state index < -0.39 is 5.97 Å². The molecule has 1 aliphatic heterocycles. The minimum absolute atomic E-state index is 0.102. The molecule has 0 saturated carbocycles. The maximum Gasteiger partial charge on any atom is 0.356 e. The second kappa shape index (κ2) is 5.89. The fourth-order valence-corrected chi connectivity index (χ4v) is 2.93. The van der Waals surface area contributed by atoms with Crippen molar-refractivity contribution in [3.63, 3.8) is 0 Å². The summed E-state index contributed by atoms with van der Waals surface area (Å²) in [5, 5.41) is 20.0. The van der Waals surface area contributed by atoms with Crippen LogP contribution in [0.5, 0.6) is 0 Å². The van der Waals surface area contributed by atoms with E-state index in [1.165, 1.54) is 0 Å². The predicted molar refractivity (Wildman–Crippen MR) is 83.1 cm³/mol. The molecule has 2 N–H and O–H groups in total. The average molecular weight is 325 g/mol. The Morgan fingerprint density at radius 1 is 1.38 bits per heavy atom. The number of hydrogen-bond acceptors (Lipinski definition) is 6. The molecule has 0 bridgehead atoms. The Hall–Kier alpha value is -3.00. The fourth-order valence-electron chi connectivity index (χ4n) is 2.93. The van der Waals surface area contributed by atoms with Crippen molar-refractivity contribution in [1.29, 1.82) is 0 Å². The zero-order valence-electron chi connectivity index (χ0n) is 12.8. The predicted octanol–water partition coefficient (Wildman–Crippen LogP) is 1.72. The number of nitrogens with one attached hydrogen (secondary N) is 1. The lowest BCUT2D eigenvalue weighted by atomic mass is 10.1. The highest BCUT2D eigenvalue weighted by Crippen LogP contribution is 2.23. The van der Waals surface area contributed by atoms with Crippen molar-refractivity contribution in [3.8, 4) is 11.3 Å². The highest BCUT2D eigenvalue weighted by Gasteiger charge is 2.25. The van der Waals surface area contributed by atoms with E-state index in [4.69, 9.17) is 4.52 Å². The highest BCUT2D eigenvalue weighted by atomic mass is 16.5.